The third-order valence-corrected chi connectivity index (χ3v) is 5.84. The molecule has 2 amide bonds. The van der Waals surface area contributed by atoms with Gasteiger partial charge in [0.2, 0.25) is 11.7 Å². The molecule has 2 aromatic heterocycles. The molecule has 4 rings (SSSR count). The first-order valence-electron chi connectivity index (χ1n) is 11.1. The zero-order chi connectivity index (χ0) is 23.4. The maximum absolute atomic E-state index is 12.7. The van der Waals surface area contributed by atoms with E-state index in [0.29, 0.717) is 43.1 Å². The van der Waals surface area contributed by atoms with Crippen LogP contribution in [0.4, 0.5) is 5.69 Å². The molecule has 1 N–H and O–H groups in total. The molecular formula is C24H27N5O4. The molecule has 0 spiro atoms. The van der Waals surface area contributed by atoms with E-state index >= 15 is 0 Å². The second-order valence-electron chi connectivity index (χ2n) is 8.52. The van der Waals surface area contributed by atoms with E-state index in [-0.39, 0.29) is 24.3 Å². The van der Waals surface area contributed by atoms with Gasteiger partial charge in [-0.1, -0.05) is 17.3 Å². The fourth-order valence-corrected chi connectivity index (χ4v) is 3.87. The van der Waals surface area contributed by atoms with Crippen molar-refractivity contribution in [2.45, 2.75) is 39.2 Å². The summed E-state index contributed by atoms with van der Waals surface area (Å²) in [5.41, 5.74) is 2.08. The van der Waals surface area contributed by atoms with Gasteiger partial charge in [-0.05, 0) is 38.8 Å². The Labute approximate surface area is 191 Å². The number of aromatic nitrogens is 3. The predicted molar refractivity (Wildman–Crippen MR) is 121 cm³/mol. The van der Waals surface area contributed by atoms with Gasteiger partial charge in [0, 0.05) is 48.6 Å². The van der Waals surface area contributed by atoms with E-state index in [9.17, 15) is 14.4 Å². The highest BCUT2D eigenvalue weighted by Gasteiger charge is 2.30. The Hall–Kier alpha value is -3.75. The number of rotatable bonds is 7. The molecule has 0 radical (unpaired) electrons. The topological polar surface area (TPSA) is 110 Å². The summed E-state index contributed by atoms with van der Waals surface area (Å²) in [6.45, 7) is 4.79. The number of carbonyl (C=O) groups excluding carboxylic acids is 3. The molecule has 0 aliphatic carbocycles. The first kappa shape index (κ1) is 22.4. The maximum atomic E-state index is 12.7. The van der Waals surface area contributed by atoms with Crippen LogP contribution >= 0.6 is 0 Å². The van der Waals surface area contributed by atoms with E-state index in [2.05, 4.69) is 15.5 Å². The Morgan fingerprint density at radius 3 is 2.64 bits per heavy atom. The molecular weight excluding hydrogens is 422 g/mol. The second kappa shape index (κ2) is 9.81. The summed E-state index contributed by atoms with van der Waals surface area (Å²) in [4.78, 5) is 43.5. The Morgan fingerprint density at radius 1 is 1.18 bits per heavy atom. The number of anilines is 1. The lowest BCUT2D eigenvalue weighted by molar-refractivity contribution is -0.145. The Morgan fingerprint density at radius 2 is 1.97 bits per heavy atom. The average molecular weight is 450 g/mol. The number of nitrogens with zero attached hydrogens (tertiary/aromatic N) is 4. The van der Waals surface area contributed by atoms with Crippen LogP contribution in [0.25, 0.3) is 11.3 Å². The molecule has 9 heteroatoms. The minimum Gasteiger partial charge on any atom is -0.356 e. The van der Waals surface area contributed by atoms with Crippen LogP contribution in [-0.4, -0.2) is 50.3 Å². The number of Topliss-reactive ketones (excluding diaryl/α,β-unsaturated/α-hetero) is 1. The van der Waals surface area contributed by atoms with Crippen LogP contribution in [0, 0.1) is 5.92 Å². The molecule has 33 heavy (non-hydrogen) atoms. The first-order valence-corrected chi connectivity index (χ1v) is 11.1. The van der Waals surface area contributed by atoms with E-state index in [0.717, 1.165) is 5.56 Å². The number of imidazole rings is 1. The van der Waals surface area contributed by atoms with Gasteiger partial charge in [-0.15, -0.1) is 0 Å². The minimum atomic E-state index is -0.507. The van der Waals surface area contributed by atoms with Gasteiger partial charge in [-0.3, -0.25) is 14.4 Å². The number of hydrogen-bond donors (Lipinski definition) is 1. The zero-order valence-electron chi connectivity index (χ0n) is 18.7. The maximum Gasteiger partial charge on any atom is 0.290 e. The summed E-state index contributed by atoms with van der Waals surface area (Å²) < 4.78 is 7.07. The van der Waals surface area contributed by atoms with E-state index < -0.39 is 11.7 Å². The lowest BCUT2D eigenvalue weighted by Gasteiger charge is -2.30. The van der Waals surface area contributed by atoms with Crippen LogP contribution in [-0.2, 0) is 20.8 Å². The molecule has 3 aromatic rings. The van der Waals surface area contributed by atoms with Crippen LogP contribution in [0.15, 0.2) is 53.6 Å². The number of carbonyl (C=O) groups is 3. The van der Waals surface area contributed by atoms with Crippen molar-refractivity contribution in [2.75, 3.05) is 18.4 Å². The van der Waals surface area contributed by atoms with Crippen molar-refractivity contribution in [3.8, 4) is 11.3 Å². The summed E-state index contributed by atoms with van der Waals surface area (Å²) in [7, 11) is 0. The number of hydrogen-bond acceptors (Lipinski definition) is 6. The van der Waals surface area contributed by atoms with E-state index in [1.54, 1.807) is 24.8 Å². The monoisotopic (exact) mass is 449 g/mol. The lowest BCUT2D eigenvalue weighted by Crippen LogP contribution is -2.44. The van der Waals surface area contributed by atoms with Gasteiger partial charge in [-0.2, -0.15) is 0 Å². The van der Waals surface area contributed by atoms with E-state index in [4.69, 9.17) is 4.52 Å². The van der Waals surface area contributed by atoms with E-state index in [1.807, 2.05) is 42.7 Å². The second-order valence-corrected chi connectivity index (χ2v) is 8.52. The van der Waals surface area contributed by atoms with Crippen LogP contribution in [0.3, 0.4) is 0 Å². The zero-order valence-corrected chi connectivity index (χ0v) is 18.7. The van der Waals surface area contributed by atoms with Gasteiger partial charge < -0.3 is 19.3 Å². The normalized spacial score (nSPS) is 14.5. The lowest BCUT2D eigenvalue weighted by atomic mass is 9.95. The summed E-state index contributed by atoms with van der Waals surface area (Å²) in [5, 5.41) is 6.65. The molecule has 1 aromatic carbocycles. The average Bonchev–Trinajstić information content (AvgIpc) is 3.51. The number of amides is 2. The summed E-state index contributed by atoms with van der Waals surface area (Å²) in [6.07, 6.45) is 6.04. The standard InChI is InChI=1S/C24H27N5O4/c1-16(2)29-14-20(25-15-29)13-21(30)24(32)28-10-7-17(8-11-28)23(31)27-19-5-3-4-18(12-19)22-6-9-26-33-22/h3-6,9,12,14-17H,7-8,10-11,13H2,1-2H3,(H,27,31). The smallest absolute Gasteiger partial charge is 0.290 e. The van der Waals surface area contributed by atoms with Crippen molar-refractivity contribution in [1.29, 1.82) is 0 Å². The first-order chi connectivity index (χ1) is 15.9. The van der Waals surface area contributed by atoms with E-state index in [1.165, 1.54) is 4.90 Å². The molecule has 0 unspecified atom stereocenters. The summed E-state index contributed by atoms with van der Waals surface area (Å²) >= 11 is 0. The Balaban J connectivity index is 1.28. The highest BCUT2D eigenvalue weighted by Crippen LogP contribution is 2.24. The van der Waals surface area contributed by atoms with Gasteiger partial charge in [0.25, 0.3) is 5.91 Å². The number of ketones is 1. The van der Waals surface area contributed by atoms with Crippen molar-refractivity contribution in [3.05, 3.63) is 54.7 Å². The highest BCUT2D eigenvalue weighted by molar-refractivity contribution is 6.36. The number of likely N-dealkylation sites (tertiary alicyclic amines) is 1. The summed E-state index contributed by atoms with van der Waals surface area (Å²) in [5.74, 6) is -0.676. The van der Waals surface area contributed by atoms with Gasteiger partial charge >= 0.3 is 0 Å². The molecule has 1 aliphatic rings. The molecule has 1 saturated heterocycles. The molecule has 3 heterocycles. The van der Waals surface area contributed by atoms with Crippen LogP contribution in [0.2, 0.25) is 0 Å². The molecule has 1 aliphatic heterocycles. The van der Waals surface area contributed by atoms with Crippen LogP contribution in [0.1, 0.15) is 38.4 Å². The number of nitrogens with one attached hydrogen (secondary N) is 1. The van der Waals surface area contributed by atoms with Gasteiger partial charge in [0.05, 0.1) is 24.6 Å². The summed E-state index contributed by atoms with van der Waals surface area (Å²) in [6, 6.07) is 9.36. The van der Waals surface area contributed by atoms with Crippen molar-refractivity contribution < 1.29 is 18.9 Å². The third-order valence-electron chi connectivity index (χ3n) is 5.84. The van der Waals surface area contributed by atoms with Crippen molar-refractivity contribution in [1.82, 2.24) is 19.6 Å². The molecule has 0 bridgehead atoms. The van der Waals surface area contributed by atoms with Crippen molar-refractivity contribution >= 4 is 23.3 Å². The van der Waals surface area contributed by atoms with Gasteiger partial charge in [0.1, 0.15) is 0 Å². The quantitative estimate of drug-likeness (QED) is 0.555. The largest absolute Gasteiger partial charge is 0.356 e. The molecule has 172 valence electrons. The number of benzene rings is 1. The molecule has 0 atom stereocenters. The Kier molecular flexibility index (Phi) is 6.67. The Bertz CT molecular complexity index is 1130. The highest BCUT2D eigenvalue weighted by atomic mass is 16.5. The van der Waals surface area contributed by atoms with Crippen molar-refractivity contribution in [2.24, 2.45) is 5.92 Å². The molecule has 1 fully saturated rings. The van der Waals surface area contributed by atoms with Crippen molar-refractivity contribution in [3.63, 3.8) is 0 Å². The molecule has 9 nitrogen and oxygen atoms in total. The van der Waals surface area contributed by atoms with Crippen LogP contribution < -0.4 is 5.32 Å². The fourth-order valence-electron chi connectivity index (χ4n) is 3.87. The predicted octanol–water partition coefficient (Wildman–Crippen LogP) is 3.11. The SMILES string of the molecule is CC(C)n1cnc(CC(=O)C(=O)N2CCC(C(=O)Nc3cccc(-c4ccno4)c3)CC2)c1. The van der Waals surface area contributed by atoms with Crippen LogP contribution in [0.5, 0.6) is 0 Å². The third kappa shape index (κ3) is 5.36. The number of piperidine rings is 1. The fraction of sp³-hybridized carbons (Fsp3) is 0.375. The minimum absolute atomic E-state index is 0.0134. The molecule has 0 saturated carbocycles. The van der Waals surface area contributed by atoms with Gasteiger partial charge in [-0.25, -0.2) is 4.98 Å². The van der Waals surface area contributed by atoms with Gasteiger partial charge in [0.15, 0.2) is 5.76 Å².